The van der Waals surface area contributed by atoms with Crippen molar-refractivity contribution in [1.82, 2.24) is 0 Å². The molecular formula is C21H31NO. The molecule has 1 rings (SSSR count). The Bertz CT molecular complexity index is 569. The van der Waals surface area contributed by atoms with E-state index in [1.165, 1.54) is 11.1 Å². The van der Waals surface area contributed by atoms with Gasteiger partial charge in [0.15, 0.2) is 5.60 Å². The van der Waals surface area contributed by atoms with Crippen LogP contribution in [0.4, 0.5) is 0 Å². The summed E-state index contributed by atoms with van der Waals surface area (Å²) in [7, 11) is 0. The molecule has 126 valence electrons. The molecule has 0 fully saturated rings. The van der Waals surface area contributed by atoms with Gasteiger partial charge in [0.1, 0.15) is 6.07 Å². The molecule has 0 saturated heterocycles. The second-order valence-electron chi connectivity index (χ2n) is 7.12. The van der Waals surface area contributed by atoms with Crippen LogP contribution in [0, 0.1) is 17.2 Å². The van der Waals surface area contributed by atoms with Crippen LogP contribution in [-0.4, -0.2) is 10.7 Å². The van der Waals surface area contributed by atoms with Gasteiger partial charge in [-0.25, -0.2) is 0 Å². The van der Waals surface area contributed by atoms with Crippen LogP contribution >= 0.6 is 0 Å². The quantitative estimate of drug-likeness (QED) is 0.504. The number of aliphatic hydroxyl groups is 1. The third-order valence-electron chi connectivity index (χ3n) is 4.43. The van der Waals surface area contributed by atoms with E-state index in [4.69, 9.17) is 0 Å². The summed E-state index contributed by atoms with van der Waals surface area (Å²) in [4.78, 5) is 0. The topological polar surface area (TPSA) is 44.0 Å². The molecule has 2 nitrogen and oxygen atoms in total. The van der Waals surface area contributed by atoms with Crippen molar-refractivity contribution in [2.75, 3.05) is 0 Å². The van der Waals surface area contributed by atoms with Crippen molar-refractivity contribution >= 4 is 0 Å². The van der Waals surface area contributed by atoms with E-state index in [0.29, 0.717) is 6.42 Å². The van der Waals surface area contributed by atoms with E-state index < -0.39 is 5.60 Å². The fraction of sp³-hybridized carbons (Fsp3) is 0.571. The molecule has 0 aliphatic heterocycles. The third kappa shape index (κ3) is 6.20. The summed E-state index contributed by atoms with van der Waals surface area (Å²) in [5.74, 6) is 0.131. The molecule has 0 aromatic heterocycles. The minimum Gasteiger partial charge on any atom is -0.371 e. The van der Waals surface area contributed by atoms with Gasteiger partial charge in [0.05, 0.1) is 0 Å². The summed E-state index contributed by atoms with van der Waals surface area (Å²) in [5.41, 5.74) is 3.15. The zero-order valence-corrected chi connectivity index (χ0v) is 15.3. The lowest BCUT2D eigenvalue weighted by Gasteiger charge is -2.27. The number of allylic oxidation sites excluding steroid dienone is 6. The van der Waals surface area contributed by atoms with Crippen LogP contribution in [0.5, 0.6) is 0 Å². The summed E-state index contributed by atoms with van der Waals surface area (Å²) >= 11 is 0. The Morgan fingerprint density at radius 2 is 1.57 bits per heavy atom. The maximum atomic E-state index is 10.9. The van der Waals surface area contributed by atoms with Crippen molar-refractivity contribution in [2.24, 2.45) is 5.92 Å². The molecule has 23 heavy (non-hydrogen) atoms. The highest BCUT2D eigenvalue weighted by Crippen LogP contribution is 2.31. The van der Waals surface area contributed by atoms with Crippen LogP contribution < -0.4 is 0 Å². The van der Waals surface area contributed by atoms with Crippen molar-refractivity contribution in [1.29, 1.82) is 5.26 Å². The van der Waals surface area contributed by atoms with Crippen LogP contribution in [-0.2, 0) is 0 Å². The largest absolute Gasteiger partial charge is 0.371 e. The van der Waals surface area contributed by atoms with Crippen molar-refractivity contribution in [2.45, 2.75) is 72.3 Å². The average Bonchev–Trinajstić information content (AvgIpc) is 2.46. The Morgan fingerprint density at radius 1 is 1.00 bits per heavy atom. The smallest absolute Gasteiger partial charge is 0.176 e. The van der Waals surface area contributed by atoms with Gasteiger partial charge in [-0.2, -0.15) is 5.26 Å². The molecule has 0 heterocycles. The first-order valence-electron chi connectivity index (χ1n) is 8.61. The highest BCUT2D eigenvalue weighted by atomic mass is 16.3. The van der Waals surface area contributed by atoms with Crippen molar-refractivity contribution in [3.05, 3.63) is 46.6 Å². The minimum absolute atomic E-state index is 0.131. The van der Waals surface area contributed by atoms with Crippen LogP contribution in [0.1, 0.15) is 66.7 Å². The van der Waals surface area contributed by atoms with Gasteiger partial charge in [-0.15, -0.1) is 0 Å². The molecule has 0 aromatic rings. The number of nitriles is 1. The predicted molar refractivity (Wildman–Crippen MR) is 97.8 cm³/mol. The zero-order chi connectivity index (χ0) is 17.5. The normalized spacial score (nSPS) is 24.8. The van der Waals surface area contributed by atoms with Crippen molar-refractivity contribution in [3.8, 4) is 6.07 Å². The van der Waals surface area contributed by atoms with E-state index in [1.54, 1.807) is 0 Å². The number of rotatable bonds is 1. The minimum atomic E-state index is -1.42. The fourth-order valence-electron chi connectivity index (χ4n) is 3.00. The highest BCUT2D eigenvalue weighted by Gasteiger charge is 2.33. The number of hydrogen-bond acceptors (Lipinski definition) is 2. The van der Waals surface area contributed by atoms with Gasteiger partial charge in [-0.05, 0) is 57.9 Å². The first kappa shape index (κ1) is 19.5. The first-order chi connectivity index (χ1) is 10.8. The lowest BCUT2D eigenvalue weighted by atomic mass is 9.81. The molecule has 0 radical (unpaired) electrons. The van der Waals surface area contributed by atoms with E-state index >= 15 is 0 Å². The number of hydrogen-bond donors (Lipinski definition) is 1. The lowest BCUT2D eigenvalue weighted by Crippen LogP contribution is -2.32. The van der Waals surface area contributed by atoms with Gasteiger partial charge in [0.2, 0.25) is 0 Å². The maximum absolute atomic E-state index is 10.9. The Balaban J connectivity index is 3.26. The van der Waals surface area contributed by atoms with Gasteiger partial charge in [-0.1, -0.05) is 54.9 Å². The molecular weight excluding hydrogens is 282 g/mol. The van der Waals surface area contributed by atoms with E-state index in [9.17, 15) is 10.4 Å². The zero-order valence-electron chi connectivity index (χ0n) is 15.3. The standard InChI is InChI=1S/C21H31NO/c1-16(2)20-13-12-18(4)10-6-8-17(3)9-7-11-19(5)14-21(20,23)15-22/h8,11-13,16,23H,6-7,9-10,14H2,1-5H3. The highest BCUT2D eigenvalue weighted by molar-refractivity contribution is 5.34. The van der Waals surface area contributed by atoms with E-state index in [1.807, 2.05) is 26.8 Å². The number of nitrogens with zero attached hydrogens (tertiary/aromatic N) is 1. The van der Waals surface area contributed by atoms with E-state index in [2.05, 4.69) is 38.1 Å². The average molecular weight is 313 g/mol. The van der Waals surface area contributed by atoms with Gasteiger partial charge in [0.25, 0.3) is 0 Å². The second kappa shape index (κ2) is 8.89. The predicted octanol–water partition coefficient (Wildman–Crippen LogP) is 5.63. The molecule has 1 aliphatic rings. The SMILES string of the molecule is CC1=CC=C(C(C)C)C(O)(C#N)CC(C)=CCCC(C)=CCC1. The molecule has 1 N–H and O–H groups in total. The summed E-state index contributed by atoms with van der Waals surface area (Å²) in [6, 6.07) is 2.15. The second-order valence-corrected chi connectivity index (χ2v) is 7.12. The molecule has 0 saturated carbocycles. The fourth-order valence-corrected chi connectivity index (χ4v) is 3.00. The van der Waals surface area contributed by atoms with Crippen LogP contribution in [0.3, 0.4) is 0 Å². The first-order valence-corrected chi connectivity index (χ1v) is 8.61. The maximum Gasteiger partial charge on any atom is 0.176 e. The van der Waals surface area contributed by atoms with Crippen LogP contribution in [0.2, 0.25) is 0 Å². The van der Waals surface area contributed by atoms with Gasteiger partial charge >= 0.3 is 0 Å². The van der Waals surface area contributed by atoms with Crippen LogP contribution in [0.15, 0.2) is 46.6 Å². The summed E-state index contributed by atoms with van der Waals surface area (Å²) in [6.07, 6.45) is 12.9. The molecule has 1 unspecified atom stereocenters. The van der Waals surface area contributed by atoms with Crippen molar-refractivity contribution in [3.63, 3.8) is 0 Å². The van der Waals surface area contributed by atoms with Gasteiger partial charge < -0.3 is 5.11 Å². The summed E-state index contributed by atoms with van der Waals surface area (Å²) < 4.78 is 0. The third-order valence-corrected chi connectivity index (χ3v) is 4.43. The molecule has 0 bridgehead atoms. The molecule has 0 spiro atoms. The van der Waals surface area contributed by atoms with Crippen LogP contribution in [0.25, 0.3) is 0 Å². The Labute approximate surface area is 141 Å². The van der Waals surface area contributed by atoms with Gasteiger partial charge in [-0.3, -0.25) is 0 Å². The summed E-state index contributed by atoms with van der Waals surface area (Å²) in [5, 5.41) is 20.5. The van der Waals surface area contributed by atoms with E-state index in [-0.39, 0.29) is 5.92 Å². The molecule has 1 atom stereocenters. The molecule has 1 aliphatic carbocycles. The van der Waals surface area contributed by atoms with E-state index in [0.717, 1.165) is 36.8 Å². The Morgan fingerprint density at radius 3 is 2.13 bits per heavy atom. The summed E-state index contributed by atoms with van der Waals surface area (Å²) in [6.45, 7) is 10.4. The van der Waals surface area contributed by atoms with Crippen molar-refractivity contribution < 1.29 is 5.11 Å². The molecule has 0 aromatic carbocycles. The molecule has 2 heteroatoms. The van der Waals surface area contributed by atoms with Gasteiger partial charge in [0, 0.05) is 6.42 Å². The lowest BCUT2D eigenvalue weighted by molar-refractivity contribution is 0.128. The monoisotopic (exact) mass is 313 g/mol. The Hall–Kier alpha value is -1.59. The Kier molecular flexibility index (Phi) is 7.52. The molecule has 0 amide bonds.